The largest absolute Gasteiger partial charge is 0.389 e. The maximum Gasteiger partial charge on any atom is 0.264 e. The van der Waals surface area contributed by atoms with Crippen molar-refractivity contribution >= 4 is 17.4 Å². The summed E-state index contributed by atoms with van der Waals surface area (Å²) in [5.41, 5.74) is -0.895. The quantitative estimate of drug-likeness (QED) is 0.724. The standard InChI is InChI=1S/C7H11N3O2S/c1-7(2,12)4-8-6(11)5-3-9-10-13-5/h3,12H,4H2,1-2H3,(H,8,11). The summed E-state index contributed by atoms with van der Waals surface area (Å²) in [7, 11) is 0. The number of aliphatic hydroxyl groups is 1. The van der Waals surface area contributed by atoms with Gasteiger partial charge in [0, 0.05) is 6.54 Å². The van der Waals surface area contributed by atoms with Crippen LogP contribution >= 0.6 is 11.5 Å². The number of aromatic nitrogens is 2. The van der Waals surface area contributed by atoms with Gasteiger partial charge >= 0.3 is 0 Å². The van der Waals surface area contributed by atoms with Crippen LogP contribution in [0.4, 0.5) is 0 Å². The van der Waals surface area contributed by atoms with E-state index in [1.165, 1.54) is 6.20 Å². The summed E-state index contributed by atoms with van der Waals surface area (Å²) >= 11 is 1.03. The van der Waals surface area contributed by atoms with Gasteiger partial charge < -0.3 is 10.4 Å². The summed E-state index contributed by atoms with van der Waals surface area (Å²) in [6.07, 6.45) is 1.39. The number of hydrogen-bond donors (Lipinski definition) is 2. The molecule has 0 spiro atoms. The molecule has 0 aliphatic carbocycles. The van der Waals surface area contributed by atoms with E-state index in [1.807, 2.05) is 0 Å². The SMILES string of the molecule is CC(C)(O)CNC(=O)c1cnns1. The highest BCUT2D eigenvalue weighted by molar-refractivity contribution is 7.07. The number of rotatable bonds is 3. The Labute approximate surface area is 80.0 Å². The first kappa shape index (κ1) is 10.1. The second-order valence-corrected chi connectivity index (χ2v) is 4.06. The average Bonchev–Trinajstić information content (AvgIpc) is 2.50. The molecule has 1 aromatic heterocycles. The predicted octanol–water partition coefficient (Wildman–Crippen LogP) is 0.0388. The normalized spacial score (nSPS) is 11.3. The van der Waals surface area contributed by atoms with Gasteiger partial charge in [-0.3, -0.25) is 4.79 Å². The molecule has 0 fully saturated rings. The molecule has 0 aliphatic rings. The zero-order chi connectivity index (χ0) is 9.90. The van der Waals surface area contributed by atoms with Crippen molar-refractivity contribution in [2.75, 3.05) is 6.54 Å². The Bertz CT molecular complexity index is 278. The minimum atomic E-state index is -0.895. The smallest absolute Gasteiger partial charge is 0.264 e. The van der Waals surface area contributed by atoms with Gasteiger partial charge in [-0.1, -0.05) is 4.49 Å². The molecule has 1 heterocycles. The molecule has 1 aromatic rings. The summed E-state index contributed by atoms with van der Waals surface area (Å²) < 4.78 is 3.56. The van der Waals surface area contributed by atoms with E-state index in [2.05, 4.69) is 14.9 Å². The van der Waals surface area contributed by atoms with E-state index in [1.54, 1.807) is 13.8 Å². The van der Waals surface area contributed by atoms with E-state index in [9.17, 15) is 9.90 Å². The van der Waals surface area contributed by atoms with Gasteiger partial charge in [0.05, 0.1) is 11.8 Å². The third-order valence-electron chi connectivity index (χ3n) is 1.27. The number of carbonyl (C=O) groups is 1. The van der Waals surface area contributed by atoms with Crippen molar-refractivity contribution < 1.29 is 9.90 Å². The summed E-state index contributed by atoms with van der Waals surface area (Å²) in [5, 5.41) is 15.4. The molecule has 72 valence electrons. The molecular weight excluding hydrogens is 190 g/mol. The van der Waals surface area contributed by atoms with Crippen molar-refractivity contribution in [2.45, 2.75) is 19.4 Å². The van der Waals surface area contributed by atoms with E-state index in [4.69, 9.17) is 0 Å². The van der Waals surface area contributed by atoms with Gasteiger partial charge in [0.2, 0.25) is 0 Å². The van der Waals surface area contributed by atoms with Crippen LogP contribution in [-0.2, 0) is 0 Å². The lowest BCUT2D eigenvalue weighted by atomic mass is 10.1. The van der Waals surface area contributed by atoms with Crippen molar-refractivity contribution in [3.05, 3.63) is 11.1 Å². The zero-order valence-electron chi connectivity index (χ0n) is 7.44. The van der Waals surface area contributed by atoms with E-state index < -0.39 is 5.60 Å². The fourth-order valence-corrected chi connectivity index (χ4v) is 1.08. The molecule has 13 heavy (non-hydrogen) atoms. The molecular formula is C7H11N3O2S. The molecule has 0 aliphatic heterocycles. The lowest BCUT2D eigenvalue weighted by molar-refractivity contribution is 0.0696. The fraction of sp³-hybridized carbons (Fsp3) is 0.571. The third-order valence-corrected chi connectivity index (χ3v) is 1.93. The maximum absolute atomic E-state index is 11.3. The van der Waals surface area contributed by atoms with Crippen LogP contribution in [0.15, 0.2) is 6.20 Å². The molecule has 0 bridgehead atoms. The lowest BCUT2D eigenvalue weighted by Crippen LogP contribution is -2.37. The highest BCUT2D eigenvalue weighted by atomic mass is 32.1. The molecule has 0 saturated carbocycles. The van der Waals surface area contributed by atoms with E-state index in [0.29, 0.717) is 4.88 Å². The van der Waals surface area contributed by atoms with Gasteiger partial charge in [-0.25, -0.2) is 0 Å². The highest BCUT2D eigenvalue weighted by Gasteiger charge is 2.15. The van der Waals surface area contributed by atoms with Gasteiger partial charge in [0.1, 0.15) is 4.88 Å². The number of nitrogens with one attached hydrogen (secondary N) is 1. The molecule has 0 unspecified atom stereocenters. The van der Waals surface area contributed by atoms with Crippen LogP contribution in [0, 0.1) is 0 Å². The minimum Gasteiger partial charge on any atom is -0.389 e. The van der Waals surface area contributed by atoms with Gasteiger partial charge in [-0.05, 0) is 25.4 Å². The first-order valence-corrected chi connectivity index (χ1v) is 4.54. The summed E-state index contributed by atoms with van der Waals surface area (Å²) in [5.74, 6) is -0.253. The van der Waals surface area contributed by atoms with Crippen LogP contribution in [-0.4, -0.2) is 32.7 Å². The highest BCUT2D eigenvalue weighted by Crippen LogP contribution is 2.03. The first-order valence-electron chi connectivity index (χ1n) is 3.77. The fourth-order valence-electron chi connectivity index (χ4n) is 0.651. The van der Waals surface area contributed by atoms with Gasteiger partial charge in [0.25, 0.3) is 5.91 Å². The predicted molar refractivity (Wildman–Crippen MR) is 48.5 cm³/mol. The summed E-state index contributed by atoms with van der Waals surface area (Å²) in [4.78, 5) is 11.7. The molecule has 2 N–H and O–H groups in total. The Morgan fingerprint density at radius 1 is 1.77 bits per heavy atom. The Morgan fingerprint density at radius 2 is 2.46 bits per heavy atom. The Balaban J connectivity index is 2.44. The van der Waals surface area contributed by atoms with Crippen molar-refractivity contribution in [2.24, 2.45) is 0 Å². The van der Waals surface area contributed by atoms with Crippen LogP contribution < -0.4 is 5.32 Å². The van der Waals surface area contributed by atoms with Gasteiger partial charge in [0.15, 0.2) is 0 Å². The van der Waals surface area contributed by atoms with Crippen LogP contribution in [0.3, 0.4) is 0 Å². The van der Waals surface area contributed by atoms with Gasteiger partial charge in [-0.2, -0.15) is 0 Å². The molecule has 0 saturated heterocycles. The van der Waals surface area contributed by atoms with Crippen LogP contribution in [0.25, 0.3) is 0 Å². The molecule has 1 rings (SSSR count). The van der Waals surface area contributed by atoms with Crippen molar-refractivity contribution in [3.8, 4) is 0 Å². The van der Waals surface area contributed by atoms with Gasteiger partial charge in [-0.15, -0.1) is 5.10 Å². The topological polar surface area (TPSA) is 75.1 Å². The molecule has 0 atom stereocenters. The van der Waals surface area contributed by atoms with E-state index >= 15 is 0 Å². The zero-order valence-corrected chi connectivity index (χ0v) is 8.26. The average molecular weight is 201 g/mol. The van der Waals surface area contributed by atoms with Crippen LogP contribution in [0.2, 0.25) is 0 Å². The number of hydrogen-bond acceptors (Lipinski definition) is 5. The third kappa shape index (κ3) is 3.47. The molecule has 0 radical (unpaired) electrons. The van der Waals surface area contributed by atoms with Crippen LogP contribution in [0.5, 0.6) is 0 Å². The lowest BCUT2D eigenvalue weighted by Gasteiger charge is -2.16. The number of nitrogens with zero attached hydrogens (tertiary/aromatic N) is 2. The molecule has 1 amide bonds. The summed E-state index contributed by atoms with van der Waals surface area (Å²) in [6.45, 7) is 3.46. The first-order chi connectivity index (χ1) is 5.99. The maximum atomic E-state index is 11.3. The molecule has 5 nitrogen and oxygen atoms in total. The second kappa shape index (κ2) is 3.80. The number of carbonyl (C=O) groups excluding carboxylic acids is 1. The van der Waals surface area contributed by atoms with Crippen molar-refractivity contribution in [1.29, 1.82) is 0 Å². The monoisotopic (exact) mass is 201 g/mol. The minimum absolute atomic E-state index is 0.212. The second-order valence-electron chi connectivity index (χ2n) is 3.28. The van der Waals surface area contributed by atoms with E-state index in [-0.39, 0.29) is 12.5 Å². The Morgan fingerprint density at radius 3 is 2.92 bits per heavy atom. The van der Waals surface area contributed by atoms with Crippen LogP contribution in [0.1, 0.15) is 23.5 Å². The molecule has 0 aromatic carbocycles. The van der Waals surface area contributed by atoms with E-state index in [0.717, 1.165) is 11.5 Å². The van der Waals surface area contributed by atoms with Crippen molar-refractivity contribution in [3.63, 3.8) is 0 Å². The Hall–Kier alpha value is -1.01. The Kier molecular flexibility index (Phi) is 2.94. The molecule has 6 heteroatoms. The van der Waals surface area contributed by atoms with Crippen molar-refractivity contribution in [1.82, 2.24) is 14.9 Å². The number of amides is 1. The summed E-state index contributed by atoms with van der Waals surface area (Å²) in [6, 6.07) is 0.